The van der Waals surface area contributed by atoms with Gasteiger partial charge < -0.3 is 5.32 Å². The van der Waals surface area contributed by atoms with Crippen molar-refractivity contribution in [1.29, 1.82) is 0 Å². The lowest BCUT2D eigenvalue weighted by Gasteiger charge is -2.29. The Labute approximate surface area is 71.6 Å². The molecule has 0 aromatic rings. The lowest BCUT2D eigenvalue weighted by atomic mass is 9.97. The molecule has 0 aliphatic carbocycles. The predicted molar refractivity (Wildman–Crippen MR) is 51.8 cm³/mol. The molecule has 0 rings (SSSR count). The van der Waals surface area contributed by atoms with Gasteiger partial charge in [-0.3, -0.25) is 0 Å². The van der Waals surface area contributed by atoms with Crippen molar-refractivity contribution in [1.82, 2.24) is 5.32 Å². The van der Waals surface area contributed by atoms with Crippen molar-refractivity contribution in [2.75, 3.05) is 0 Å². The van der Waals surface area contributed by atoms with Gasteiger partial charge in [0.25, 0.3) is 0 Å². The molecular formula is C10H23N. The quantitative estimate of drug-likeness (QED) is 0.664. The topological polar surface area (TPSA) is 12.0 Å². The van der Waals surface area contributed by atoms with Crippen LogP contribution in [0.5, 0.6) is 0 Å². The van der Waals surface area contributed by atoms with Crippen LogP contribution < -0.4 is 5.32 Å². The van der Waals surface area contributed by atoms with Crippen LogP contribution in [-0.2, 0) is 0 Å². The molecule has 1 N–H and O–H groups in total. The van der Waals surface area contributed by atoms with E-state index in [1.807, 2.05) is 0 Å². The first-order chi connectivity index (χ1) is 4.87. The van der Waals surface area contributed by atoms with Crippen molar-refractivity contribution in [3.8, 4) is 0 Å². The second kappa shape index (κ2) is 4.10. The molecule has 0 amide bonds. The normalized spacial score (nSPS) is 18.0. The van der Waals surface area contributed by atoms with Crippen LogP contribution in [0.2, 0.25) is 0 Å². The van der Waals surface area contributed by atoms with Crippen molar-refractivity contribution >= 4 is 0 Å². The molecule has 0 saturated carbocycles. The van der Waals surface area contributed by atoms with Gasteiger partial charge in [-0.25, -0.2) is 0 Å². The highest BCUT2D eigenvalue weighted by Gasteiger charge is 2.16. The van der Waals surface area contributed by atoms with E-state index in [4.69, 9.17) is 0 Å². The van der Waals surface area contributed by atoms with Gasteiger partial charge in [0.05, 0.1) is 0 Å². The summed E-state index contributed by atoms with van der Waals surface area (Å²) < 4.78 is 0. The van der Waals surface area contributed by atoms with Gasteiger partial charge in [-0.05, 0) is 33.6 Å². The molecule has 0 aliphatic rings. The highest BCUT2D eigenvalue weighted by atomic mass is 15.0. The number of nitrogens with one attached hydrogen (secondary N) is 1. The van der Waals surface area contributed by atoms with Crippen molar-refractivity contribution in [2.24, 2.45) is 5.92 Å². The predicted octanol–water partition coefficient (Wildman–Crippen LogP) is 2.81. The zero-order valence-corrected chi connectivity index (χ0v) is 8.86. The molecule has 0 radical (unpaired) electrons. The van der Waals surface area contributed by atoms with E-state index in [0.717, 1.165) is 5.92 Å². The van der Waals surface area contributed by atoms with Crippen LogP contribution in [0.3, 0.4) is 0 Å². The van der Waals surface area contributed by atoms with Crippen LogP contribution in [0.1, 0.15) is 48.0 Å². The molecule has 0 fully saturated rings. The van der Waals surface area contributed by atoms with Crippen LogP contribution in [0.25, 0.3) is 0 Å². The Balaban J connectivity index is 3.77. The summed E-state index contributed by atoms with van der Waals surface area (Å²) in [6.45, 7) is 13.4. The molecule has 2 atom stereocenters. The maximum Gasteiger partial charge on any atom is 0.00990 e. The number of hydrogen-bond donors (Lipinski definition) is 1. The van der Waals surface area contributed by atoms with Gasteiger partial charge in [-0.15, -0.1) is 0 Å². The second-order valence-corrected chi connectivity index (χ2v) is 4.57. The van der Waals surface area contributed by atoms with E-state index < -0.39 is 0 Å². The van der Waals surface area contributed by atoms with Gasteiger partial charge in [-0.2, -0.15) is 0 Å². The van der Waals surface area contributed by atoms with E-state index in [9.17, 15) is 0 Å². The molecule has 0 aliphatic heterocycles. The first kappa shape index (κ1) is 11.0. The number of rotatable bonds is 3. The van der Waals surface area contributed by atoms with E-state index in [0.29, 0.717) is 6.04 Å². The van der Waals surface area contributed by atoms with Crippen molar-refractivity contribution < 1.29 is 0 Å². The van der Waals surface area contributed by atoms with Crippen molar-refractivity contribution in [3.63, 3.8) is 0 Å². The summed E-state index contributed by atoms with van der Waals surface area (Å²) in [6, 6.07) is 0.625. The van der Waals surface area contributed by atoms with Crippen molar-refractivity contribution in [2.45, 2.75) is 59.5 Å². The molecule has 68 valence electrons. The summed E-state index contributed by atoms with van der Waals surface area (Å²) in [5.41, 5.74) is 0.253. The Bertz CT molecular complexity index is 102. The third kappa shape index (κ3) is 5.25. The van der Waals surface area contributed by atoms with E-state index in [2.05, 4.69) is 46.9 Å². The lowest BCUT2D eigenvalue weighted by molar-refractivity contribution is 0.303. The van der Waals surface area contributed by atoms with Crippen LogP contribution in [0.15, 0.2) is 0 Å². The average molecular weight is 157 g/mol. The maximum atomic E-state index is 3.57. The minimum atomic E-state index is 0.253. The molecule has 0 bridgehead atoms. The highest BCUT2D eigenvalue weighted by Crippen LogP contribution is 2.10. The van der Waals surface area contributed by atoms with Crippen LogP contribution >= 0.6 is 0 Å². The van der Waals surface area contributed by atoms with E-state index in [1.54, 1.807) is 0 Å². The van der Waals surface area contributed by atoms with Gasteiger partial charge in [0.15, 0.2) is 0 Å². The largest absolute Gasteiger partial charge is 0.309 e. The fourth-order valence-electron chi connectivity index (χ4n) is 1.18. The van der Waals surface area contributed by atoms with Gasteiger partial charge in [0.1, 0.15) is 0 Å². The Morgan fingerprint density at radius 3 is 1.91 bits per heavy atom. The SMILES string of the molecule is CCC(C)C(C)NC(C)(C)C. The standard InChI is InChI=1S/C10H23N/c1-7-8(2)9(3)11-10(4,5)6/h8-9,11H,7H2,1-6H3. The summed E-state index contributed by atoms with van der Waals surface area (Å²) in [5, 5.41) is 3.57. The Hall–Kier alpha value is -0.0400. The van der Waals surface area contributed by atoms with Crippen LogP contribution in [0.4, 0.5) is 0 Å². The molecule has 11 heavy (non-hydrogen) atoms. The minimum Gasteiger partial charge on any atom is -0.309 e. The maximum absolute atomic E-state index is 3.57. The van der Waals surface area contributed by atoms with Gasteiger partial charge in [-0.1, -0.05) is 20.3 Å². The Morgan fingerprint density at radius 1 is 1.18 bits per heavy atom. The highest BCUT2D eigenvalue weighted by molar-refractivity contribution is 4.77. The molecule has 0 spiro atoms. The summed E-state index contributed by atoms with van der Waals surface area (Å²) in [6.07, 6.45) is 1.25. The minimum absolute atomic E-state index is 0.253. The van der Waals surface area contributed by atoms with E-state index in [-0.39, 0.29) is 5.54 Å². The first-order valence-corrected chi connectivity index (χ1v) is 4.64. The van der Waals surface area contributed by atoms with Gasteiger partial charge >= 0.3 is 0 Å². The second-order valence-electron chi connectivity index (χ2n) is 4.57. The zero-order chi connectivity index (χ0) is 9.07. The van der Waals surface area contributed by atoms with Gasteiger partial charge in [0, 0.05) is 11.6 Å². The van der Waals surface area contributed by atoms with E-state index >= 15 is 0 Å². The molecule has 1 heteroatoms. The fourth-order valence-corrected chi connectivity index (χ4v) is 1.18. The average Bonchev–Trinajstić information content (AvgIpc) is 1.82. The number of hydrogen-bond acceptors (Lipinski definition) is 1. The van der Waals surface area contributed by atoms with E-state index in [1.165, 1.54) is 6.42 Å². The summed E-state index contributed by atoms with van der Waals surface area (Å²) in [4.78, 5) is 0. The fraction of sp³-hybridized carbons (Fsp3) is 1.00. The Morgan fingerprint density at radius 2 is 1.64 bits per heavy atom. The summed E-state index contributed by atoms with van der Waals surface area (Å²) in [5.74, 6) is 0.772. The first-order valence-electron chi connectivity index (χ1n) is 4.64. The van der Waals surface area contributed by atoms with Crippen LogP contribution in [-0.4, -0.2) is 11.6 Å². The third-order valence-corrected chi connectivity index (χ3v) is 2.16. The van der Waals surface area contributed by atoms with Crippen molar-refractivity contribution in [3.05, 3.63) is 0 Å². The zero-order valence-electron chi connectivity index (χ0n) is 8.86. The van der Waals surface area contributed by atoms with Gasteiger partial charge in [0.2, 0.25) is 0 Å². The Kier molecular flexibility index (Phi) is 4.09. The molecule has 2 unspecified atom stereocenters. The summed E-state index contributed by atoms with van der Waals surface area (Å²) >= 11 is 0. The molecule has 0 heterocycles. The smallest absolute Gasteiger partial charge is 0.00990 e. The molecular weight excluding hydrogens is 134 g/mol. The van der Waals surface area contributed by atoms with Crippen LogP contribution in [0, 0.1) is 5.92 Å². The monoisotopic (exact) mass is 157 g/mol. The third-order valence-electron chi connectivity index (χ3n) is 2.16. The summed E-state index contributed by atoms with van der Waals surface area (Å²) in [7, 11) is 0. The molecule has 0 aromatic carbocycles. The molecule has 0 saturated heterocycles. The molecule has 0 aromatic heterocycles. The lowest BCUT2D eigenvalue weighted by Crippen LogP contribution is -2.44. The molecule has 1 nitrogen and oxygen atoms in total.